The third-order valence-corrected chi connectivity index (χ3v) is 3.34. The molecule has 0 aliphatic heterocycles. The molecule has 4 nitrogen and oxygen atoms in total. The molecule has 3 aromatic rings. The van der Waals surface area contributed by atoms with Crippen LogP contribution in [0.3, 0.4) is 0 Å². The lowest BCUT2D eigenvalue weighted by molar-refractivity contribution is 0.807. The maximum atomic E-state index is 7.52. The van der Waals surface area contributed by atoms with E-state index < -0.39 is 0 Å². The van der Waals surface area contributed by atoms with Gasteiger partial charge in [-0.25, -0.2) is 4.98 Å². The van der Waals surface area contributed by atoms with Crippen molar-refractivity contribution in [1.82, 2.24) is 9.55 Å². The number of nitrogens with zero attached hydrogens (tertiary/aromatic N) is 2. The topological polar surface area (TPSA) is 67.7 Å². The maximum Gasteiger partial charge on any atom is 0.140 e. The van der Waals surface area contributed by atoms with Gasteiger partial charge in [0.1, 0.15) is 11.7 Å². The molecule has 1 heterocycles. The molecule has 0 radical (unpaired) electrons. The molecule has 104 valence electrons. The van der Waals surface area contributed by atoms with E-state index in [-0.39, 0.29) is 5.84 Å². The van der Waals surface area contributed by atoms with Crippen molar-refractivity contribution in [3.05, 3.63) is 78.1 Å². The number of rotatable bonds is 4. The van der Waals surface area contributed by atoms with Crippen molar-refractivity contribution in [3.8, 4) is 11.4 Å². The summed E-state index contributed by atoms with van der Waals surface area (Å²) in [6.07, 6.45) is 3.76. The van der Waals surface area contributed by atoms with E-state index >= 15 is 0 Å². The van der Waals surface area contributed by atoms with Crippen LogP contribution in [0.4, 0.5) is 0 Å². The summed E-state index contributed by atoms with van der Waals surface area (Å²) in [5, 5.41) is 7.52. The van der Waals surface area contributed by atoms with Crippen LogP contribution >= 0.6 is 0 Å². The number of nitrogens with two attached hydrogens (primary N) is 1. The quantitative estimate of drug-likeness (QED) is 0.568. The molecule has 3 N–H and O–H groups in total. The van der Waals surface area contributed by atoms with Gasteiger partial charge in [-0.15, -0.1) is 0 Å². The fourth-order valence-electron chi connectivity index (χ4n) is 2.32. The SMILES string of the molecule is N=C(N)c1cccc(Cn2ccnc2-c2ccccc2)c1. The van der Waals surface area contributed by atoms with Crippen molar-refractivity contribution >= 4 is 5.84 Å². The van der Waals surface area contributed by atoms with Gasteiger partial charge in [0.15, 0.2) is 0 Å². The van der Waals surface area contributed by atoms with Crippen LogP contribution in [0.2, 0.25) is 0 Å². The number of aromatic nitrogens is 2. The minimum Gasteiger partial charge on any atom is -0.384 e. The zero-order valence-electron chi connectivity index (χ0n) is 11.5. The molecule has 0 aliphatic carbocycles. The number of hydrogen-bond acceptors (Lipinski definition) is 2. The predicted molar refractivity (Wildman–Crippen MR) is 84.2 cm³/mol. The van der Waals surface area contributed by atoms with Gasteiger partial charge in [0.25, 0.3) is 0 Å². The highest BCUT2D eigenvalue weighted by atomic mass is 15.1. The van der Waals surface area contributed by atoms with Gasteiger partial charge in [0.05, 0.1) is 0 Å². The molecule has 21 heavy (non-hydrogen) atoms. The molecule has 0 fully saturated rings. The third kappa shape index (κ3) is 2.84. The number of benzene rings is 2. The Hall–Kier alpha value is -2.88. The maximum absolute atomic E-state index is 7.52. The summed E-state index contributed by atoms with van der Waals surface area (Å²) < 4.78 is 2.09. The Morgan fingerprint density at radius 1 is 1.10 bits per heavy atom. The van der Waals surface area contributed by atoms with Crippen LogP contribution < -0.4 is 5.73 Å². The number of nitrogen functional groups attached to an aromatic ring is 1. The molecule has 4 heteroatoms. The van der Waals surface area contributed by atoms with Gasteiger partial charge in [0, 0.05) is 30.1 Å². The Labute approximate surface area is 123 Å². The molecule has 0 aliphatic rings. The Morgan fingerprint density at radius 2 is 1.90 bits per heavy atom. The van der Waals surface area contributed by atoms with Crippen molar-refractivity contribution in [2.45, 2.75) is 6.54 Å². The lowest BCUT2D eigenvalue weighted by Gasteiger charge is -2.09. The molecule has 0 spiro atoms. The molecule has 0 bridgehead atoms. The lowest BCUT2D eigenvalue weighted by Crippen LogP contribution is -2.11. The zero-order chi connectivity index (χ0) is 14.7. The first-order chi connectivity index (χ1) is 10.2. The minimum absolute atomic E-state index is 0.0887. The van der Waals surface area contributed by atoms with E-state index in [4.69, 9.17) is 11.1 Å². The van der Waals surface area contributed by atoms with Crippen LogP contribution in [-0.4, -0.2) is 15.4 Å². The van der Waals surface area contributed by atoms with Crippen molar-refractivity contribution in [2.24, 2.45) is 5.73 Å². The average Bonchev–Trinajstić information content (AvgIpc) is 2.96. The summed E-state index contributed by atoms with van der Waals surface area (Å²) in [5.74, 6) is 1.02. The summed E-state index contributed by atoms with van der Waals surface area (Å²) in [5.41, 5.74) is 8.47. The van der Waals surface area contributed by atoms with Gasteiger partial charge in [-0.3, -0.25) is 5.41 Å². The number of amidine groups is 1. The number of imidazole rings is 1. The largest absolute Gasteiger partial charge is 0.384 e. The fraction of sp³-hybridized carbons (Fsp3) is 0.0588. The summed E-state index contributed by atoms with van der Waals surface area (Å²) >= 11 is 0. The van der Waals surface area contributed by atoms with Crippen LogP contribution in [0.25, 0.3) is 11.4 Å². The Morgan fingerprint density at radius 3 is 2.67 bits per heavy atom. The summed E-state index contributed by atoms with van der Waals surface area (Å²) in [6.45, 7) is 0.700. The standard InChI is InChI=1S/C17H16N4/c18-16(19)15-8-4-5-13(11-15)12-21-10-9-20-17(21)14-6-2-1-3-7-14/h1-11H,12H2,(H3,18,19). The zero-order valence-corrected chi connectivity index (χ0v) is 11.5. The van der Waals surface area contributed by atoms with E-state index in [2.05, 4.69) is 9.55 Å². The van der Waals surface area contributed by atoms with Crippen LogP contribution in [-0.2, 0) is 6.54 Å². The fourth-order valence-corrected chi connectivity index (χ4v) is 2.32. The van der Waals surface area contributed by atoms with E-state index in [1.54, 1.807) is 6.20 Å². The third-order valence-electron chi connectivity index (χ3n) is 3.34. The highest BCUT2D eigenvalue weighted by molar-refractivity contribution is 5.95. The first-order valence-electron chi connectivity index (χ1n) is 6.74. The highest BCUT2D eigenvalue weighted by Crippen LogP contribution is 2.18. The van der Waals surface area contributed by atoms with Crippen molar-refractivity contribution in [2.75, 3.05) is 0 Å². The van der Waals surface area contributed by atoms with E-state index in [1.165, 1.54) is 0 Å². The summed E-state index contributed by atoms with van der Waals surface area (Å²) in [7, 11) is 0. The molecular weight excluding hydrogens is 260 g/mol. The second-order valence-corrected chi connectivity index (χ2v) is 4.86. The van der Waals surface area contributed by atoms with E-state index in [0.29, 0.717) is 6.54 Å². The van der Waals surface area contributed by atoms with Crippen LogP contribution in [0.5, 0.6) is 0 Å². The minimum atomic E-state index is 0.0887. The first-order valence-corrected chi connectivity index (χ1v) is 6.74. The van der Waals surface area contributed by atoms with Crippen LogP contribution in [0.15, 0.2) is 67.0 Å². The van der Waals surface area contributed by atoms with E-state index in [0.717, 1.165) is 22.5 Å². The Balaban J connectivity index is 1.92. The normalized spacial score (nSPS) is 10.5. The van der Waals surface area contributed by atoms with Gasteiger partial charge in [-0.05, 0) is 11.6 Å². The molecule has 0 unspecified atom stereocenters. The van der Waals surface area contributed by atoms with Gasteiger partial charge in [-0.2, -0.15) is 0 Å². The van der Waals surface area contributed by atoms with Crippen molar-refractivity contribution in [3.63, 3.8) is 0 Å². The van der Waals surface area contributed by atoms with Crippen molar-refractivity contribution < 1.29 is 0 Å². The first kappa shape index (κ1) is 13.1. The van der Waals surface area contributed by atoms with Gasteiger partial charge < -0.3 is 10.3 Å². The average molecular weight is 276 g/mol. The Bertz CT molecular complexity index is 759. The second-order valence-electron chi connectivity index (χ2n) is 4.86. The molecule has 2 aromatic carbocycles. The van der Waals surface area contributed by atoms with Crippen molar-refractivity contribution in [1.29, 1.82) is 5.41 Å². The predicted octanol–water partition coefficient (Wildman–Crippen LogP) is 2.88. The Kier molecular flexibility index (Phi) is 3.51. The van der Waals surface area contributed by atoms with Gasteiger partial charge in [-0.1, -0.05) is 48.5 Å². The smallest absolute Gasteiger partial charge is 0.140 e. The number of nitrogens with one attached hydrogen (secondary N) is 1. The van der Waals surface area contributed by atoms with E-state index in [9.17, 15) is 0 Å². The van der Waals surface area contributed by atoms with Gasteiger partial charge in [0.2, 0.25) is 0 Å². The molecule has 0 saturated heterocycles. The van der Waals surface area contributed by atoms with Crippen LogP contribution in [0.1, 0.15) is 11.1 Å². The molecule has 3 rings (SSSR count). The molecule has 1 aromatic heterocycles. The number of hydrogen-bond donors (Lipinski definition) is 2. The lowest BCUT2D eigenvalue weighted by atomic mass is 10.1. The van der Waals surface area contributed by atoms with Gasteiger partial charge >= 0.3 is 0 Å². The molecule has 0 atom stereocenters. The molecule has 0 saturated carbocycles. The van der Waals surface area contributed by atoms with E-state index in [1.807, 2.05) is 60.8 Å². The molecule has 0 amide bonds. The molecular formula is C17H16N4. The highest BCUT2D eigenvalue weighted by Gasteiger charge is 2.06. The summed E-state index contributed by atoms with van der Waals surface area (Å²) in [6, 6.07) is 17.8. The van der Waals surface area contributed by atoms with Crippen LogP contribution in [0, 0.1) is 5.41 Å². The second kappa shape index (κ2) is 5.63. The summed E-state index contributed by atoms with van der Waals surface area (Å²) in [4.78, 5) is 4.44. The monoisotopic (exact) mass is 276 g/mol.